The molecule has 1 atom stereocenters. The lowest BCUT2D eigenvalue weighted by Crippen LogP contribution is -2.26. The molecule has 3 heterocycles. The third kappa shape index (κ3) is 2.89. The van der Waals surface area contributed by atoms with Gasteiger partial charge in [0.15, 0.2) is 5.82 Å². The fraction of sp³-hybridized carbons (Fsp3) is 0.474. The van der Waals surface area contributed by atoms with Gasteiger partial charge in [-0.05, 0) is 32.8 Å². The van der Waals surface area contributed by atoms with E-state index >= 15 is 0 Å². The molecule has 0 aliphatic heterocycles. The monoisotopic (exact) mass is 367 g/mol. The summed E-state index contributed by atoms with van der Waals surface area (Å²) < 4.78 is 3.39. The Bertz CT molecular complexity index is 1110. The highest BCUT2D eigenvalue weighted by molar-refractivity contribution is 5.97. The highest BCUT2D eigenvalue weighted by Gasteiger charge is 2.27. The number of hydrogen-bond donors (Lipinski definition) is 2. The van der Waals surface area contributed by atoms with Crippen LogP contribution < -0.4 is 11.3 Å². The number of nitrogens with one attached hydrogen (secondary N) is 1. The highest BCUT2D eigenvalue weighted by Crippen LogP contribution is 2.31. The normalized spacial score (nSPS) is 13.3. The van der Waals surface area contributed by atoms with Crippen molar-refractivity contribution >= 4 is 16.7 Å². The van der Waals surface area contributed by atoms with Gasteiger partial charge >= 0.3 is 0 Å². The lowest BCUT2D eigenvalue weighted by atomic mass is 9.91. The number of nitrogen functional groups attached to an aromatic ring is 1. The van der Waals surface area contributed by atoms with Gasteiger partial charge in [-0.1, -0.05) is 13.8 Å². The molecular formula is C19H25N7O. The van der Waals surface area contributed by atoms with Crippen molar-refractivity contribution in [2.45, 2.75) is 46.1 Å². The zero-order valence-electron chi connectivity index (χ0n) is 16.5. The quantitative estimate of drug-likeness (QED) is 0.735. The van der Waals surface area contributed by atoms with E-state index in [9.17, 15) is 10.1 Å². The van der Waals surface area contributed by atoms with Crippen LogP contribution in [0, 0.1) is 17.2 Å². The van der Waals surface area contributed by atoms with Crippen molar-refractivity contribution in [2.75, 3.05) is 5.73 Å². The number of pyridine rings is 1. The van der Waals surface area contributed by atoms with Crippen molar-refractivity contribution in [3.63, 3.8) is 0 Å². The van der Waals surface area contributed by atoms with Gasteiger partial charge in [-0.15, -0.1) is 0 Å². The topological polar surface area (TPSA) is 118 Å². The van der Waals surface area contributed by atoms with Crippen LogP contribution in [-0.4, -0.2) is 24.5 Å². The van der Waals surface area contributed by atoms with Crippen molar-refractivity contribution in [3.8, 4) is 17.3 Å². The van der Waals surface area contributed by atoms with E-state index in [1.807, 2.05) is 33.9 Å². The van der Waals surface area contributed by atoms with E-state index in [0.29, 0.717) is 16.6 Å². The molecule has 3 rings (SSSR count). The molecule has 3 N–H and O–H groups in total. The van der Waals surface area contributed by atoms with Crippen LogP contribution >= 0.6 is 0 Å². The summed E-state index contributed by atoms with van der Waals surface area (Å²) in [5.74, 6) is 0.438. The Labute approximate surface area is 157 Å². The van der Waals surface area contributed by atoms with Gasteiger partial charge in [-0.2, -0.15) is 15.5 Å². The van der Waals surface area contributed by atoms with Crippen molar-refractivity contribution in [3.05, 3.63) is 28.3 Å². The van der Waals surface area contributed by atoms with E-state index < -0.39 is 5.41 Å². The Balaban J connectivity index is 2.33. The van der Waals surface area contributed by atoms with Crippen LogP contribution in [0.3, 0.4) is 0 Å². The van der Waals surface area contributed by atoms with Gasteiger partial charge in [-0.25, -0.2) is 0 Å². The molecule has 0 amide bonds. The van der Waals surface area contributed by atoms with Gasteiger partial charge < -0.3 is 10.3 Å². The molecule has 142 valence electrons. The number of H-pyrrole nitrogens is 1. The Morgan fingerprint density at radius 3 is 2.59 bits per heavy atom. The largest absolute Gasteiger partial charge is 0.382 e. The number of aromatic nitrogens is 5. The molecule has 3 aromatic heterocycles. The number of aromatic amines is 1. The smallest absolute Gasteiger partial charge is 0.264 e. The number of nitriles is 1. The van der Waals surface area contributed by atoms with E-state index in [1.54, 1.807) is 15.4 Å². The fourth-order valence-corrected chi connectivity index (χ4v) is 3.22. The standard InChI is InChI=1S/C19H25N7O/c1-10(2)11(3)26-8-12(16-15(18(26)27)17(21)23-22-16)13-7-14(25(6)24-13)19(4,5)9-20/h7-8,10-11H,1-6H3,(H3,21,22,23)/t11-/m0/s1. The van der Waals surface area contributed by atoms with Crippen molar-refractivity contribution in [1.82, 2.24) is 24.5 Å². The summed E-state index contributed by atoms with van der Waals surface area (Å²) in [5, 5.41) is 21.3. The Morgan fingerprint density at radius 1 is 1.33 bits per heavy atom. The minimum Gasteiger partial charge on any atom is -0.382 e. The summed E-state index contributed by atoms with van der Waals surface area (Å²) in [5.41, 5.74) is 7.85. The Hall–Kier alpha value is -3.08. The predicted molar refractivity (Wildman–Crippen MR) is 105 cm³/mol. The number of rotatable bonds is 4. The Morgan fingerprint density at radius 2 is 2.00 bits per heavy atom. The number of hydrogen-bond acceptors (Lipinski definition) is 5. The highest BCUT2D eigenvalue weighted by atomic mass is 16.1. The first kappa shape index (κ1) is 18.7. The molecule has 3 aromatic rings. The second-order valence-electron chi connectivity index (χ2n) is 7.87. The SMILES string of the molecule is CC(C)[C@H](C)n1cc(-c2cc(C(C)(C)C#N)n(C)n2)c2[nH]nc(N)c2c1=O. The van der Waals surface area contributed by atoms with E-state index in [1.165, 1.54) is 0 Å². The first-order valence-electron chi connectivity index (χ1n) is 8.93. The van der Waals surface area contributed by atoms with Crippen molar-refractivity contribution in [2.24, 2.45) is 13.0 Å². The number of nitrogens with zero attached hydrogens (tertiary/aromatic N) is 5. The molecule has 0 unspecified atom stereocenters. The zero-order valence-corrected chi connectivity index (χ0v) is 16.5. The van der Waals surface area contributed by atoms with Crippen LogP contribution in [0.15, 0.2) is 17.1 Å². The van der Waals surface area contributed by atoms with Crippen LogP contribution in [0.1, 0.15) is 46.4 Å². The van der Waals surface area contributed by atoms with E-state index in [-0.39, 0.29) is 23.3 Å². The number of nitrogens with two attached hydrogens (primary N) is 1. The average Bonchev–Trinajstić information content (AvgIpc) is 3.19. The predicted octanol–water partition coefficient (Wildman–Crippen LogP) is 2.73. The number of anilines is 1. The van der Waals surface area contributed by atoms with Crippen molar-refractivity contribution in [1.29, 1.82) is 5.26 Å². The third-order valence-electron chi connectivity index (χ3n) is 5.26. The van der Waals surface area contributed by atoms with Crippen molar-refractivity contribution < 1.29 is 0 Å². The molecule has 0 radical (unpaired) electrons. The average molecular weight is 367 g/mol. The molecule has 0 saturated heterocycles. The van der Waals surface area contributed by atoms with Gasteiger partial charge in [0, 0.05) is 24.8 Å². The van der Waals surface area contributed by atoms with Crippen LogP contribution in [0.25, 0.3) is 22.2 Å². The molecule has 8 nitrogen and oxygen atoms in total. The van der Waals surface area contributed by atoms with Crippen LogP contribution in [0.2, 0.25) is 0 Å². The third-order valence-corrected chi connectivity index (χ3v) is 5.26. The lowest BCUT2D eigenvalue weighted by Gasteiger charge is -2.20. The van der Waals surface area contributed by atoms with E-state index in [0.717, 1.165) is 11.3 Å². The second-order valence-corrected chi connectivity index (χ2v) is 7.87. The molecule has 0 spiro atoms. The molecule has 0 aliphatic carbocycles. The van der Waals surface area contributed by atoms with Gasteiger partial charge in [0.05, 0.1) is 28.4 Å². The molecule has 0 saturated carbocycles. The molecular weight excluding hydrogens is 342 g/mol. The first-order chi connectivity index (χ1) is 12.6. The summed E-state index contributed by atoms with van der Waals surface area (Å²) in [6.45, 7) is 9.82. The van der Waals surface area contributed by atoms with E-state index in [4.69, 9.17) is 5.73 Å². The summed E-state index contributed by atoms with van der Waals surface area (Å²) in [4.78, 5) is 13.0. The Kier molecular flexibility index (Phi) is 4.34. The number of aryl methyl sites for hydroxylation is 1. The minimum atomic E-state index is -0.689. The maximum atomic E-state index is 13.0. The second kappa shape index (κ2) is 6.27. The summed E-state index contributed by atoms with van der Waals surface area (Å²) in [7, 11) is 1.81. The van der Waals surface area contributed by atoms with Gasteiger partial charge in [0.25, 0.3) is 5.56 Å². The van der Waals surface area contributed by atoms with E-state index in [2.05, 4.69) is 35.2 Å². The lowest BCUT2D eigenvalue weighted by molar-refractivity contribution is 0.400. The minimum absolute atomic E-state index is 0.0197. The first-order valence-corrected chi connectivity index (χ1v) is 8.93. The molecule has 8 heteroatoms. The van der Waals surface area contributed by atoms with Gasteiger partial charge in [-0.3, -0.25) is 14.6 Å². The molecule has 0 fully saturated rings. The summed E-state index contributed by atoms with van der Waals surface area (Å²) in [6.07, 6.45) is 1.80. The summed E-state index contributed by atoms with van der Waals surface area (Å²) >= 11 is 0. The summed E-state index contributed by atoms with van der Waals surface area (Å²) in [6, 6.07) is 4.16. The maximum Gasteiger partial charge on any atom is 0.264 e. The van der Waals surface area contributed by atoms with Crippen LogP contribution in [0.5, 0.6) is 0 Å². The maximum absolute atomic E-state index is 13.0. The zero-order chi connectivity index (χ0) is 20.1. The van der Waals surface area contributed by atoms with Crippen LogP contribution in [0.4, 0.5) is 5.82 Å². The molecule has 0 bridgehead atoms. The molecule has 0 aliphatic rings. The van der Waals surface area contributed by atoms with Crippen LogP contribution in [-0.2, 0) is 12.5 Å². The fourth-order valence-electron chi connectivity index (χ4n) is 3.22. The van der Waals surface area contributed by atoms with Gasteiger partial charge in [0.2, 0.25) is 0 Å². The molecule has 27 heavy (non-hydrogen) atoms. The number of fused-ring (bicyclic) bond motifs is 1. The van der Waals surface area contributed by atoms with Gasteiger partial charge in [0.1, 0.15) is 5.39 Å². The molecule has 0 aromatic carbocycles.